The van der Waals surface area contributed by atoms with E-state index in [-0.39, 0.29) is 0 Å². The van der Waals surface area contributed by atoms with Crippen molar-refractivity contribution in [2.24, 2.45) is 0 Å². The van der Waals surface area contributed by atoms with Crippen molar-refractivity contribution in [3.05, 3.63) is 18.3 Å². The van der Waals surface area contributed by atoms with Gasteiger partial charge in [0, 0.05) is 6.20 Å². The van der Waals surface area contributed by atoms with Crippen molar-refractivity contribution in [1.29, 1.82) is 0 Å². The first-order chi connectivity index (χ1) is 12.9. The van der Waals surface area contributed by atoms with E-state index in [1.54, 1.807) is 4.85 Å². The highest BCUT2D eigenvalue weighted by Crippen LogP contribution is 2.77. The van der Waals surface area contributed by atoms with Gasteiger partial charge in [0.15, 0.2) is 0 Å². The molecule has 0 atom stereocenters. The van der Waals surface area contributed by atoms with E-state index in [1.807, 2.05) is 18.3 Å². The number of fused-ring (bicyclic) bond motifs is 1. The van der Waals surface area contributed by atoms with Crippen molar-refractivity contribution in [3.63, 3.8) is 0 Å². The Morgan fingerprint density at radius 3 is 1.92 bits per heavy atom. The Morgan fingerprint density at radius 1 is 0.846 bits per heavy atom. The fourth-order valence-electron chi connectivity index (χ4n) is 5.95. The number of aromatic nitrogens is 4. The van der Waals surface area contributed by atoms with Gasteiger partial charge in [0.25, 0.3) is 0 Å². The summed E-state index contributed by atoms with van der Waals surface area (Å²) in [5.74, 6) is 0. The van der Waals surface area contributed by atoms with Crippen LogP contribution in [0.3, 0.4) is 0 Å². The molecule has 140 valence electrons. The molecule has 0 unspecified atom stereocenters. The molecule has 2 heterocycles. The smallest absolute Gasteiger partial charge is 0.232 e. The van der Waals surface area contributed by atoms with E-state index in [4.69, 9.17) is 4.62 Å². The number of pyridine rings is 1. The van der Waals surface area contributed by atoms with Gasteiger partial charge < -0.3 is 0 Å². The standard InChI is InChI=1S/C20H30N4OP/c1-2-9-16(8-1)26(17-10-3-4-11-17,18-12-5-6-13-18)25-24-20-19(22-23-24)14-7-15-21-20/h7,14-18H,1-6,8-13H2/q+1. The largest absolute Gasteiger partial charge is 0.242 e. The van der Waals surface area contributed by atoms with Crippen LogP contribution in [0, 0.1) is 0 Å². The van der Waals surface area contributed by atoms with Gasteiger partial charge in [0.1, 0.15) is 22.5 Å². The molecule has 0 spiro atoms. The molecule has 0 radical (unpaired) electrons. The summed E-state index contributed by atoms with van der Waals surface area (Å²) in [6.45, 7) is 0. The van der Waals surface area contributed by atoms with Gasteiger partial charge >= 0.3 is 0 Å². The minimum atomic E-state index is -1.61. The van der Waals surface area contributed by atoms with Gasteiger partial charge in [-0.2, -0.15) is 0 Å². The van der Waals surface area contributed by atoms with Gasteiger partial charge in [-0.15, -0.1) is 5.10 Å². The minimum absolute atomic E-state index is 0.775. The summed E-state index contributed by atoms with van der Waals surface area (Å²) in [7, 11) is -1.61. The summed E-state index contributed by atoms with van der Waals surface area (Å²) in [4.78, 5) is 6.27. The predicted octanol–water partition coefficient (Wildman–Crippen LogP) is 5.02. The number of nitrogens with zero attached hydrogens (tertiary/aromatic N) is 4. The van der Waals surface area contributed by atoms with Crippen molar-refractivity contribution in [2.75, 3.05) is 0 Å². The maximum atomic E-state index is 7.10. The fraction of sp³-hybridized carbons (Fsp3) is 0.750. The molecule has 0 aromatic carbocycles. The van der Waals surface area contributed by atoms with Crippen LogP contribution in [0.15, 0.2) is 18.3 Å². The van der Waals surface area contributed by atoms with Crippen LogP contribution in [0.2, 0.25) is 0 Å². The molecule has 3 aliphatic rings. The molecule has 0 N–H and O–H groups in total. The van der Waals surface area contributed by atoms with Crippen LogP contribution in [0.5, 0.6) is 0 Å². The topological polar surface area (TPSA) is 52.8 Å². The van der Waals surface area contributed by atoms with Crippen molar-refractivity contribution in [3.8, 4) is 0 Å². The lowest BCUT2D eigenvalue weighted by atomic mass is 10.3. The fourth-order valence-corrected chi connectivity index (χ4v) is 12.0. The zero-order chi connectivity index (χ0) is 17.4. The van der Waals surface area contributed by atoms with E-state index in [1.165, 1.54) is 77.0 Å². The summed E-state index contributed by atoms with van der Waals surface area (Å²) in [6, 6.07) is 3.91. The van der Waals surface area contributed by atoms with E-state index >= 15 is 0 Å². The monoisotopic (exact) mass is 373 g/mol. The van der Waals surface area contributed by atoms with Crippen LogP contribution < -0.4 is 4.62 Å². The van der Waals surface area contributed by atoms with Crippen LogP contribution in [0.25, 0.3) is 11.2 Å². The number of rotatable bonds is 5. The molecule has 26 heavy (non-hydrogen) atoms. The third-order valence-corrected chi connectivity index (χ3v) is 12.5. The highest BCUT2D eigenvalue weighted by molar-refractivity contribution is 7.73. The van der Waals surface area contributed by atoms with Crippen LogP contribution in [-0.4, -0.2) is 37.1 Å². The van der Waals surface area contributed by atoms with Gasteiger partial charge in [-0.25, -0.2) is 9.61 Å². The van der Waals surface area contributed by atoms with Gasteiger partial charge in [0.05, 0.1) is 0 Å². The Hall–Kier alpha value is -1.22. The van der Waals surface area contributed by atoms with E-state index in [0.29, 0.717) is 0 Å². The van der Waals surface area contributed by atoms with E-state index < -0.39 is 7.49 Å². The first-order valence-corrected chi connectivity index (χ1v) is 12.5. The third-order valence-electron chi connectivity index (χ3n) is 7.09. The molecule has 2 aromatic heterocycles. The SMILES string of the molecule is c1cnc2c(c1)nnn2O[P+](C1CCCC1)(C1CCCC1)C1CCCC1. The van der Waals surface area contributed by atoms with Gasteiger partial charge in [-0.1, -0.05) is 0 Å². The van der Waals surface area contributed by atoms with E-state index in [9.17, 15) is 0 Å². The minimum Gasteiger partial charge on any atom is -0.242 e. The van der Waals surface area contributed by atoms with Gasteiger partial charge in [0.2, 0.25) is 13.1 Å². The van der Waals surface area contributed by atoms with E-state index in [0.717, 1.165) is 28.1 Å². The average Bonchev–Trinajstić information content (AvgIpc) is 3.49. The average molecular weight is 373 g/mol. The highest BCUT2D eigenvalue weighted by atomic mass is 31.2. The quantitative estimate of drug-likeness (QED) is 0.691. The maximum absolute atomic E-state index is 7.10. The van der Waals surface area contributed by atoms with E-state index in [2.05, 4.69) is 15.3 Å². The third kappa shape index (κ3) is 2.74. The summed E-state index contributed by atoms with van der Waals surface area (Å²) >= 11 is 0. The molecule has 5 rings (SSSR count). The Balaban J connectivity index is 1.59. The normalized spacial score (nSPS) is 23.4. The molecule has 2 aromatic rings. The molecule has 3 aliphatic carbocycles. The van der Waals surface area contributed by atoms with Crippen molar-refractivity contribution in [1.82, 2.24) is 20.1 Å². The predicted molar refractivity (Wildman–Crippen MR) is 106 cm³/mol. The van der Waals surface area contributed by atoms with Crippen LogP contribution in [0.4, 0.5) is 0 Å². The second kappa shape index (κ2) is 7.07. The lowest BCUT2D eigenvalue weighted by molar-refractivity contribution is 0.239. The second-order valence-corrected chi connectivity index (χ2v) is 12.3. The van der Waals surface area contributed by atoms with Gasteiger partial charge in [-0.3, -0.25) is 0 Å². The molecule has 0 amide bonds. The highest BCUT2D eigenvalue weighted by Gasteiger charge is 2.63. The second-order valence-electron chi connectivity index (χ2n) is 8.47. The zero-order valence-corrected chi connectivity index (χ0v) is 16.5. The van der Waals surface area contributed by atoms with Crippen LogP contribution >= 0.6 is 7.49 Å². The lowest BCUT2D eigenvalue weighted by Gasteiger charge is -2.38. The van der Waals surface area contributed by atoms with Crippen LogP contribution in [0.1, 0.15) is 77.0 Å². The maximum Gasteiger partial charge on any atom is 0.232 e. The summed E-state index contributed by atoms with van der Waals surface area (Å²) in [5.41, 5.74) is 3.96. The zero-order valence-electron chi connectivity index (χ0n) is 15.6. The lowest BCUT2D eigenvalue weighted by Crippen LogP contribution is -2.36. The molecule has 3 saturated carbocycles. The molecule has 0 aliphatic heterocycles. The summed E-state index contributed by atoms with van der Waals surface area (Å²) < 4.78 is 7.10. The molecule has 5 nitrogen and oxygen atoms in total. The molecule has 6 heteroatoms. The Kier molecular flexibility index (Phi) is 4.60. The summed E-state index contributed by atoms with van der Waals surface area (Å²) in [6.07, 6.45) is 18.3. The molecular weight excluding hydrogens is 343 g/mol. The Bertz CT molecular complexity index is 704. The molecule has 0 bridgehead atoms. The number of hydrogen-bond donors (Lipinski definition) is 0. The first kappa shape index (κ1) is 16.9. The molecular formula is C20H30N4OP+. The first-order valence-electron chi connectivity index (χ1n) is 10.6. The van der Waals surface area contributed by atoms with Crippen molar-refractivity contribution >= 4 is 18.7 Å². The molecule has 0 saturated heterocycles. The van der Waals surface area contributed by atoms with Crippen molar-refractivity contribution in [2.45, 2.75) is 94.0 Å². The summed E-state index contributed by atoms with van der Waals surface area (Å²) in [5, 5.41) is 8.73. The van der Waals surface area contributed by atoms with Crippen LogP contribution in [-0.2, 0) is 0 Å². The molecule has 3 fully saturated rings. The Morgan fingerprint density at radius 2 is 1.38 bits per heavy atom. The Labute approximate surface area is 156 Å². The van der Waals surface area contributed by atoms with Crippen molar-refractivity contribution < 1.29 is 4.62 Å². The van der Waals surface area contributed by atoms with Gasteiger partial charge in [-0.05, 0) is 99.2 Å². The number of hydrogen-bond acceptors (Lipinski definition) is 4.